The fourth-order valence-electron chi connectivity index (χ4n) is 1.61. The van der Waals surface area contributed by atoms with Crippen LogP contribution in [0.25, 0.3) is 0 Å². The minimum atomic E-state index is -0.633. The predicted octanol–water partition coefficient (Wildman–Crippen LogP) is 3.62. The van der Waals surface area contributed by atoms with Gasteiger partial charge in [-0.05, 0) is 42.8 Å². The Morgan fingerprint density at radius 1 is 1.26 bits per heavy atom. The summed E-state index contributed by atoms with van der Waals surface area (Å²) in [6, 6.07) is 9.17. The molecule has 2 rings (SSSR count). The molecule has 0 saturated carbocycles. The first-order valence-electron chi connectivity index (χ1n) is 5.60. The summed E-state index contributed by atoms with van der Waals surface area (Å²) in [5.41, 5.74) is 7.86. The smallest absolute Gasteiger partial charge is 0.255 e. The van der Waals surface area contributed by atoms with Gasteiger partial charge in [0, 0.05) is 5.56 Å². The molecule has 0 radical (unpaired) electrons. The van der Waals surface area contributed by atoms with Gasteiger partial charge in [-0.3, -0.25) is 4.79 Å². The molecule has 0 aliphatic carbocycles. The van der Waals surface area contributed by atoms with Crippen molar-refractivity contribution >= 4 is 28.9 Å². The average Bonchev–Trinajstić information content (AvgIpc) is 2.37. The maximum absolute atomic E-state index is 13.3. The van der Waals surface area contributed by atoms with E-state index in [1.807, 2.05) is 13.0 Å². The van der Waals surface area contributed by atoms with Gasteiger partial charge < -0.3 is 11.1 Å². The summed E-state index contributed by atoms with van der Waals surface area (Å²) in [7, 11) is 0. The molecule has 2 aromatic rings. The number of nitrogens with one attached hydrogen (secondary N) is 1. The highest BCUT2D eigenvalue weighted by Gasteiger charge is 2.10. The van der Waals surface area contributed by atoms with Gasteiger partial charge in [0.1, 0.15) is 5.82 Å². The molecule has 0 saturated heterocycles. The summed E-state index contributed by atoms with van der Waals surface area (Å²) in [6.45, 7) is 1.89. The Morgan fingerprint density at radius 3 is 2.68 bits per heavy atom. The number of benzene rings is 2. The lowest BCUT2D eigenvalue weighted by molar-refractivity contribution is 0.102. The average molecular weight is 279 g/mol. The lowest BCUT2D eigenvalue weighted by atomic mass is 10.1. The fourth-order valence-corrected chi connectivity index (χ4v) is 1.73. The van der Waals surface area contributed by atoms with Crippen LogP contribution in [0.2, 0.25) is 5.02 Å². The van der Waals surface area contributed by atoms with E-state index in [0.717, 1.165) is 11.6 Å². The largest absolute Gasteiger partial charge is 0.397 e. The summed E-state index contributed by atoms with van der Waals surface area (Å²) >= 11 is 5.56. The van der Waals surface area contributed by atoms with Gasteiger partial charge in [-0.1, -0.05) is 17.7 Å². The topological polar surface area (TPSA) is 55.1 Å². The molecule has 3 N–H and O–H groups in total. The Labute approximate surface area is 115 Å². The minimum Gasteiger partial charge on any atom is -0.397 e. The quantitative estimate of drug-likeness (QED) is 0.824. The molecule has 0 bridgehead atoms. The van der Waals surface area contributed by atoms with Crippen LogP contribution in [0, 0.1) is 12.7 Å². The summed E-state index contributed by atoms with van der Waals surface area (Å²) < 4.78 is 13.3. The number of hydrogen-bond acceptors (Lipinski definition) is 2. The molecule has 0 spiro atoms. The molecule has 1 amide bonds. The monoisotopic (exact) mass is 278 g/mol. The van der Waals surface area contributed by atoms with Gasteiger partial charge in [0.05, 0.1) is 16.4 Å². The number of amides is 1. The van der Waals surface area contributed by atoms with Crippen LogP contribution in [-0.4, -0.2) is 5.91 Å². The zero-order valence-electron chi connectivity index (χ0n) is 10.2. The Morgan fingerprint density at radius 2 is 2.00 bits per heavy atom. The first kappa shape index (κ1) is 13.4. The van der Waals surface area contributed by atoms with E-state index >= 15 is 0 Å². The van der Waals surface area contributed by atoms with Crippen LogP contribution in [0.3, 0.4) is 0 Å². The SMILES string of the molecule is Cc1ccc(N)c(NC(=O)c2ccc(Cl)c(F)c2)c1. The van der Waals surface area contributed by atoms with E-state index in [0.29, 0.717) is 11.4 Å². The second kappa shape index (κ2) is 5.28. The molecular weight excluding hydrogens is 267 g/mol. The van der Waals surface area contributed by atoms with Crippen LogP contribution in [0.1, 0.15) is 15.9 Å². The number of hydrogen-bond donors (Lipinski definition) is 2. The number of rotatable bonds is 2. The summed E-state index contributed by atoms with van der Waals surface area (Å²) in [6.07, 6.45) is 0. The molecule has 0 atom stereocenters. The van der Waals surface area contributed by atoms with Crippen LogP contribution in [0.5, 0.6) is 0 Å². The molecule has 2 aromatic carbocycles. The van der Waals surface area contributed by atoms with Crippen molar-refractivity contribution in [2.45, 2.75) is 6.92 Å². The van der Waals surface area contributed by atoms with Gasteiger partial charge >= 0.3 is 0 Å². The molecule has 5 heteroatoms. The highest BCUT2D eigenvalue weighted by Crippen LogP contribution is 2.21. The number of anilines is 2. The maximum atomic E-state index is 13.3. The molecule has 3 nitrogen and oxygen atoms in total. The zero-order valence-corrected chi connectivity index (χ0v) is 11.0. The van der Waals surface area contributed by atoms with E-state index in [4.69, 9.17) is 17.3 Å². The number of aryl methyl sites for hydroxylation is 1. The van der Waals surface area contributed by atoms with Gasteiger partial charge in [-0.25, -0.2) is 4.39 Å². The van der Waals surface area contributed by atoms with Crippen LogP contribution >= 0.6 is 11.6 Å². The molecular formula is C14H12ClFN2O. The fraction of sp³-hybridized carbons (Fsp3) is 0.0714. The zero-order chi connectivity index (χ0) is 14.0. The number of carbonyl (C=O) groups excluding carboxylic acids is 1. The van der Waals surface area contributed by atoms with E-state index in [1.54, 1.807) is 12.1 Å². The van der Waals surface area contributed by atoms with E-state index in [9.17, 15) is 9.18 Å². The second-order valence-corrected chi connectivity index (χ2v) is 4.58. The molecule has 0 unspecified atom stereocenters. The van der Waals surface area contributed by atoms with E-state index in [-0.39, 0.29) is 10.6 Å². The molecule has 0 fully saturated rings. The Hall–Kier alpha value is -2.07. The lowest BCUT2D eigenvalue weighted by Gasteiger charge is -2.09. The van der Waals surface area contributed by atoms with Crippen LogP contribution < -0.4 is 11.1 Å². The van der Waals surface area contributed by atoms with Gasteiger partial charge in [0.2, 0.25) is 0 Å². The second-order valence-electron chi connectivity index (χ2n) is 4.17. The van der Waals surface area contributed by atoms with Gasteiger partial charge in [-0.2, -0.15) is 0 Å². The maximum Gasteiger partial charge on any atom is 0.255 e. The highest BCUT2D eigenvalue weighted by molar-refractivity contribution is 6.30. The van der Waals surface area contributed by atoms with Gasteiger partial charge in [0.15, 0.2) is 0 Å². The molecule has 98 valence electrons. The summed E-state index contributed by atoms with van der Waals surface area (Å²) in [5.74, 6) is -1.07. The Bertz CT molecular complexity index is 643. The standard InChI is InChI=1S/C14H12ClFN2O/c1-8-2-5-12(17)13(6-8)18-14(19)9-3-4-10(15)11(16)7-9/h2-7H,17H2,1H3,(H,18,19). The van der Waals surface area contributed by atoms with Crippen LogP contribution in [0.4, 0.5) is 15.8 Å². The van der Waals surface area contributed by atoms with Crippen molar-refractivity contribution in [3.05, 3.63) is 58.4 Å². The molecule has 19 heavy (non-hydrogen) atoms. The van der Waals surface area contributed by atoms with Crippen LogP contribution in [0.15, 0.2) is 36.4 Å². The van der Waals surface area contributed by atoms with Gasteiger partial charge in [-0.15, -0.1) is 0 Å². The number of nitrogens with two attached hydrogens (primary N) is 1. The molecule has 0 aliphatic rings. The molecule has 0 heterocycles. The predicted molar refractivity (Wildman–Crippen MR) is 75.0 cm³/mol. The number of nitrogen functional groups attached to an aromatic ring is 1. The highest BCUT2D eigenvalue weighted by atomic mass is 35.5. The first-order chi connectivity index (χ1) is 8.97. The van der Waals surface area contributed by atoms with E-state index in [1.165, 1.54) is 12.1 Å². The Balaban J connectivity index is 2.25. The van der Waals surface area contributed by atoms with E-state index in [2.05, 4.69) is 5.32 Å². The third kappa shape index (κ3) is 3.03. The normalized spacial score (nSPS) is 10.3. The van der Waals surface area contributed by atoms with E-state index < -0.39 is 11.7 Å². The first-order valence-corrected chi connectivity index (χ1v) is 5.97. The minimum absolute atomic E-state index is 0.0216. The molecule has 0 aromatic heterocycles. The van der Waals surface area contributed by atoms with Crippen molar-refractivity contribution in [2.24, 2.45) is 0 Å². The van der Waals surface area contributed by atoms with Crippen molar-refractivity contribution in [1.29, 1.82) is 0 Å². The molecule has 0 aliphatic heterocycles. The summed E-state index contributed by atoms with van der Waals surface area (Å²) in [5, 5.41) is 2.62. The van der Waals surface area contributed by atoms with Crippen molar-refractivity contribution in [3.63, 3.8) is 0 Å². The number of carbonyl (C=O) groups is 1. The van der Waals surface area contributed by atoms with Gasteiger partial charge in [0.25, 0.3) is 5.91 Å². The van der Waals surface area contributed by atoms with Crippen molar-refractivity contribution in [3.8, 4) is 0 Å². The third-order valence-electron chi connectivity index (χ3n) is 2.64. The van der Waals surface area contributed by atoms with Crippen molar-refractivity contribution in [2.75, 3.05) is 11.1 Å². The van der Waals surface area contributed by atoms with Crippen molar-refractivity contribution < 1.29 is 9.18 Å². The third-order valence-corrected chi connectivity index (χ3v) is 2.95. The Kier molecular flexibility index (Phi) is 3.71. The lowest BCUT2D eigenvalue weighted by Crippen LogP contribution is -2.13. The van der Waals surface area contributed by atoms with Crippen molar-refractivity contribution in [1.82, 2.24) is 0 Å². The summed E-state index contributed by atoms with van der Waals surface area (Å²) in [4.78, 5) is 12.0. The number of halogens is 2. The van der Waals surface area contributed by atoms with Crippen LogP contribution in [-0.2, 0) is 0 Å².